The minimum absolute atomic E-state index is 0.0570. The largest absolute Gasteiger partial charge is 0.467 e. The van der Waals surface area contributed by atoms with Crippen LogP contribution in [0.4, 0.5) is 4.39 Å². The fourth-order valence-corrected chi connectivity index (χ4v) is 5.10. The van der Waals surface area contributed by atoms with Gasteiger partial charge in [0, 0.05) is 0 Å². The second kappa shape index (κ2) is 8.30. The van der Waals surface area contributed by atoms with Gasteiger partial charge in [-0.05, 0) is 36.8 Å². The van der Waals surface area contributed by atoms with Crippen LogP contribution in [0.15, 0.2) is 58.4 Å². The van der Waals surface area contributed by atoms with Gasteiger partial charge in [-0.3, -0.25) is 4.99 Å². The zero-order valence-electron chi connectivity index (χ0n) is 15.4. The summed E-state index contributed by atoms with van der Waals surface area (Å²) in [5.74, 6) is -1.54. The highest BCUT2D eigenvalue weighted by Gasteiger charge is 2.50. The molecule has 0 amide bonds. The van der Waals surface area contributed by atoms with E-state index in [1.165, 1.54) is 36.4 Å². The van der Waals surface area contributed by atoms with Crippen LogP contribution < -0.4 is 0 Å². The molecule has 0 saturated heterocycles. The number of methoxy groups -OCH3 is 1. The molecule has 1 aliphatic rings. The molecular formula is C19H17Cl2FN2O4S. The van der Waals surface area contributed by atoms with E-state index in [0.717, 1.165) is 17.0 Å². The van der Waals surface area contributed by atoms with E-state index in [2.05, 4.69) is 4.99 Å². The van der Waals surface area contributed by atoms with Gasteiger partial charge in [0.1, 0.15) is 17.7 Å². The van der Waals surface area contributed by atoms with E-state index < -0.39 is 38.7 Å². The maximum absolute atomic E-state index is 13.4. The number of amidine groups is 1. The second-order valence-corrected chi connectivity index (χ2v) is 9.28. The molecule has 0 aromatic heterocycles. The van der Waals surface area contributed by atoms with Crippen molar-refractivity contribution in [1.82, 2.24) is 4.31 Å². The lowest BCUT2D eigenvalue weighted by Crippen LogP contribution is -2.48. The Kier molecular flexibility index (Phi) is 6.16. The van der Waals surface area contributed by atoms with Crippen LogP contribution in [-0.4, -0.2) is 42.5 Å². The number of alkyl halides is 2. The maximum atomic E-state index is 13.4. The number of sulfonamides is 1. The number of aliphatic imine (C=N–C) groups is 1. The summed E-state index contributed by atoms with van der Waals surface area (Å²) >= 11 is 12.0. The van der Waals surface area contributed by atoms with Crippen LogP contribution in [0, 0.1) is 12.7 Å². The third kappa shape index (κ3) is 4.10. The number of carbonyl (C=O) groups is 1. The predicted molar refractivity (Wildman–Crippen MR) is 108 cm³/mol. The van der Waals surface area contributed by atoms with Crippen molar-refractivity contribution in [2.24, 2.45) is 4.99 Å². The first-order chi connectivity index (χ1) is 13.7. The number of benzene rings is 2. The van der Waals surface area contributed by atoms with Crippen molar-refractivity contribution in [3.8, 4) is 0 Å². The summed E-state index contributed by atoms with van der Waals surface area (Å²) in [6.07, 6.45) is 0. The first-order valence-electron chi connectivity index (χ1n) is 8.47. The number of nitrogens with zero attached hydrogens (tertiary/aromatic N) is 2. The first kappa shape index (κ1) is 21.5. The van der Waals surface area contributed by atoms with Gasteiger partial charge in [0.25, 0.3) is 10.0 Å². The van der Waals surface area contributed by atoms with Crippen LogP contribution in [0.3, 0.4) is 0 Å². The summed E-state index contributed by atoms with van der Waals surface area (Å²) in [5, 5.41) is 0. The minimum Gasteiger partial charge on any atom is -0.467 e. The molecule has 2 aromatic rings. The second-order valence-electron chi connectivity index (χ2n) is 6.37. The molecule has 10 heteroatoms. The van der Waals surface area contributed by atoms with Gasteiger partial charge in [0.15, 0.2) is 10.9 Å². The number of ether oxygens (including phenoxy) is 1. The van der Waals surface area contributed by atoms with E-state index >= 15 is 0 Å². The zero-order valence-corrected chi connectivity index (χ0v) is 17.7. The molecule has 0 saturated carbocycles. The lowest BCUT2D eigenvalue weighted by atomic mass is 10.0. The van der Waals surface area contributed by atoms with E-state index in [9.17, 15) is 17.6 Å². The lowest BCUT2D eigenvalue weighted by Gasteiger charge is -2.28. The molecule has 154 valence electrons. The number of hydrogen-bond acceptors (Lipinski definition) is 5. The summed E-state index contributed by atoms with van der Waals surface area (Å²) in [6, 6.07) is 8.91. The summed E-state index contributed by atoms with van der Waals surface area (Å²) in [7, 11) is -3.11. The van der Waals surface area contributed by atoms with Gasteiger partial charge in [0.2, 0.25) is 0 Å². The fourth-order valence-electron chi connectivity index (χ4n) is 3.05. The Morgan fingerprint density at radius 3 is 2.24 bits per heavy atom. The SMILES string of the molecule is COC(=O)[C@@H]1[C@@H](c2ccc(F)cc2)N=C(C(Cl)Cl)N1S(=O)(=O)c1ccc(C)cc1. The number of rotatable bonds is 5. The molecule has 0 aliphatic carbocycles. The van der Waals surface area contributed by atoms with Crippen LogP contribution in [0.25, 0.3) is 0 Å². The summed E-state index contributed by atoms with van der Waals surface area (Å²) in [5.41, 5.74) is 1.27. The van der Waals surface area contributed by atoms with Crippen molar-refractivity contribution in [1.29, 1.82) is 0 Å². The molecular weight excluding hydrogens is 442 g/mol. The molecule has 29 heavy (non-hydrogen) atoms. The Bertz CT molecular complexity index is 1040. The molecule has 0 unspecified atom stereocenters. The maximum Gasteiger partial charge on any atom is 0.332 e. The Labute approximate surface area is 178 Å². The Morgan fingerprint density at radius 1 is 1.14 bits per heavy atom. The van der Waals surface area contributed by atoms with Gasteiger partial charge < -0.3 is 4.74 Å². The molecule has 2 atom stereocenters. The first-order valence-corrected chi connectivity index (χ1v) is 10.8. The number of aryl methyl sites for hydroxylation is 1. The van der Waals surface area contributed by atoms with E-state index in [4.69, 9.17) is 27.9 Å². The molecule has 1 aliphatic heterocycles. The molecule has 1 heterocycles. The molecule has 0 bridgehead atoms. The van der Waals surface area contributed by atoms with Crippen LogP contribution in [0.5, 0.6) is 0 Å². The van der Waals surface area contributed by atoms with E-state index in [1.54, 1.807) is 12.1 Å². The highest BCUT2D eigenvalue weighted by atomic mass is 35.5. The van der Waals surface area contributed by atoms with Gasteiger partial charge in [-0.2, -0.15) is 0 Å². The van der Waals surface area contributed by atoms with Crippen LogP contribution in [0.1, 0.15) is 17.2 Å². The highest BCUT2D eigenvalue weighted by molar-refractivity contribution is 7.89. The van der Waals surface area contributed by atoms with Crippen molar-refractivity contribution in [2.45, 2.75) is 28.7 Å². The van der Waals surface area contributed by atoms with Gasteiger partial charge in [-0.15, -0.1) is 0 Å². The predicted octanol–water partition coefficient (Wildman–Crippen LogP) is 3.62. The molecule has 0 spiro atoms. The van der Waals surface area contributed by atoms with Crippen LogP contribution >= 0.6 is 23.2 Å². The van der Waals surface area contributed by atoms with Crippen LogP contribution in [-0.2, 0) is 19.6 Å². The quantitative estimate of drug-likeness (QED) is 0.506. The lowest BCUT2D eigenvalue weighted by molar-refractivity contribution is -0.144. The average Bonchev–Trinajstić information content (AvgIpc) is 3.10. The number of halogens is 3. The van der Waals surface area contributed by atoms with Gasteiger partial charge in [-0.25, -0.2) is 21.9 Å². The summed E-state index contributed by atoms with van der Waals surface area (Å²) in [4.78, 5) is 15.5. The average molecular weight is 459 g/mol. The van der Waals surface area contributed by atoms with E-state index in [0.29, 0.717) is 5.56 Å². The monoisotopic (exact) mass is 458 g/mol. The molecule has 6 nitrogen and oxygen atoms in total. The number of hydrogen-bond donors (Lipinski definition) is 0. The Hall–Kier alpha value is -2.16. The topological polar surface area (TPSA) is 76.0 Å². The van der Waals surface area contributed by atoms with Crippen molar-refractivity contribution < 1.29 is 22.3 Å². The number of carbonyl (C=O) groups excluding carboxylic acids is 1. The minimum atomic E-state index is -4.24. The van der Waals surface area contributed by atoms with Gasteiger partial charge >= 0.3 is 5.97 Å². The smallest absolute Gasteiger partial charge is 0.332 e. The standard InChI is InChI=1S/C19H17Cl2FN2O4S/c1-11-3-9-14(10-4-11)29(26,27)24-16(19(25)28-2)15(23-18(24)17(20)21)12-5-7-13(22)8-6-12/h3-10,15-17H,1-2H3/t15-,16+/m1/s1. The Balaban J connectivity index is 2.17. The van der Waals surface area contributed by atoms with E-state index in [1.807, 2.05) is 6.92 Å². The highest BCUT2D eigenvalue weighted by Crippen LogP contribution is 2.38. The number of esters is 1. The van der Waals surface area contributed by atoms with Gasteiger partial charge in [0.05, 0.1) is 12.0 Å². The molecule has 0 N–H and O–H groups in total. The molecule has 0 radical (unpaired) electrons. The summed E-state index contributed by atoms with van der Waals surface area (Å²) < 4.78 is 45.7. The van der Waals surface area contributed by atoms with Crippen molar-refractivity contribution in [3.63, 3.8) is 0 Å². The van der Waals surface area contributed by atoms with E-state index in [-0.39, 0.29) is 10.7 Å². The molecule has 0 fully saturated rings. The molecule has 3 rings (SSSR count). The Morgan fingerprint density at radius 2 is 1.72 bits per heavy atom. The fraction of sp³-hybridized carbons (Fsp3) is 0.263. The molecule has 2 aromatic carbocycles. The van der Waals surface area contributed by atoms with Crippen molar-refractivity contribution in [3.05, 3.63) is 65.5 Å². The van der Waals surface area contributed by atoms with Crippen molar-refractivity contribution >= 4 is 45.0 Å². The van der Waals surface area contributed by atoms with Gasteiger partial charge in [-0.1, -0.05) is 53.0 Å². The third-order valence-corrected chi connectivity index (χ3v) is 6.67. The third-order valence-electron chi connectivity index (χ3n) is 4.48. The van der Waals surface area contributed by atoms with Crippen molar-refractivity contribution in [2.75, 3.05) is 7.11 Å². The zero-order chi connectivity index (χ0) is 21.3. The normalized spacial score (nSPS) is 19.4. The van der Waals surface area contributed by atoms with Crippen LogP contribution in [0.2, 0.25) is 0 Å². The summed E-state index contributed by atoms with van der Waals surface area (Å²) in [6.45, 7) is 1.81.